The molecular weight excluding hydrogens is 164 g/mol. The van der Waals surface area contributed by atoms with Gasteiger partial charge in [-0.25, -0.2) is 0 Å². The third kappa shape index (κ3) is 0.954. The molecule has 0 heterocycles. The van der Waals surface area contributed by atoms with Crippen LogP contribution in [0.15, 0.2) is 0 Å². The molecule has 0 saturated heterocycles. The minimum atomic E-state index is 0.237. The molecule has 4 saturated carbocycles. The molecule has 1 N–H and O–H groups in total. The van der Waals surface area contributed by atoms with E-state index in [4.69, 9.17) is 0 Å². The Balaban J connectivity index is 1.94. The maximum Gasteiger partial charge on any atom is 0.139 e. The molecule has 0 spiro atoms. The van der Waals surface area contributed by atoms with Crippen molar-refractivity contribution in [3.05, 3.63) is 0 Å². The molecule has 13 heavy (non-hydrogen) atoms. The number of rotatable bonds is 1. The number of carbonyl (C=O) groups excluding carboxylic acids is 1. The summed E-state index contributed by atoms with van der Waals surface area (Å²) in [5.41, 5.74) is 0. The van der Waals surface area contributed by atoms with Crippen LogP contribution >= 0.6 is 0 Å². The average molecular weight is 180 g/mol. The van der Waals surface area contributed by atoms with Crippen LogP contribution in [-0.4, -0.2) is 17.5 Å². The smallest absolute Gasteiger partial charge is 0.139 e. The topological polar surface area (TPSA) is 37.3 Å². The van der Waals surface area contributed by atoms with Crippen LogP contribution in [0.3, 0.4) is 0 Å². The number of hydrogen-bond donors (Lipinski definition) is 1. The monoisotopic (exact) mass is 180 g/mol. The minimum Gasteiger partial charge on any atom is -0.396 e. The van der Waals surface area contributed by atoms with Crippen molar-refractivity contribution in [2.45, 2.75) is 25.7 Å². The van der Waals surface area contributed by atoms with E-state index in [1.54, 1.807) is 0 Å². The molecule has 4 bridgehead atoms. The van der Waals surface area contributed by atoms with E-state index in [2.05, 4.69) is 0 Å². The molecule has 2 heteroatoms. The summed E-state index contributed by atoms with van der Waals surface area (Å²) in [5, 5.41) is 9.26. The second-order valence-electron chi connectivity index (χ2n) is 5.12. The van der Waals surface area contributed by atoms with Crippen LogP contribution in [0.25, 0.3) is 0 Å². The number of carbonyl (C=O) groups is 1. The molecule has 4 unspecified atom stereocenters. The lowest BCUT2D eigenvalue weighted by Gasteiger charge is -2.52. The summed E-state index contributed by atoms with van der Waals surface area (Å²) in [6.45, 7) is 0.237. The van der Waals surface area contributed by atoms with E-state index in [0.717, 1.165) is 25.2 Å². The van der Waals surface area contributed by atoms with E-state index >= 15 is 0 Å². The second-order valence-corrected chi connectivity index (χ2v) is 5.12. The standard InChI is InChI=1S/C11H16O2/c12-5-10-7-1-6-2-8(4-7)11(13)9(10)3-6/h6-10,12H,1-5H2/t6?,7?,8?,9?,10-/m0/s1. The molecule has 4 aliphatic carbocycles. The SMILES string of the molecule is O=C1C2CC3CC(C2)[C@H](CO)C1C3. The van der Waals surface area contributed by atoms with E-state index in [9.17, 15) is 9.90 Å². The first-order chi connectivity index (χ1) is 6.29. The molecule has 72 valence electrons. The van der Waals surface area contributed by atoms with E-state index < -0.39 is 0 Å². The summed E-state index contributed by atoms with van der Waals surface area (Å²) in [7, 11) is 0. The summed E-state index contributed by atoms with van der Waals surface area (Å²) in [5.74, 6) is 2.90. The van der Waals surface area contributed by atoms with Crippen molar-refractivity contribution in [3.63, 3.8) is 0 Å². The number of ketones is 1. The number of aliphatic hydroxyl groups is 1. The minimum absolute atomic E-state index is 0.237. The van der Waals surface area contributed by atoms with Gasteiger partial charge in [0.15, 0.2) is 0 Å². The molecule has 5 atom stereocenters. The van der Waals surface area contributed by atoms with E-state index in [-0.39, 0.29) is 12.5 Å². The molecule has 0 aromatic rings. The van der Waals surface area contributed by atoms with Gasteiger partial charge in [0, 0.05) is 18.4 Å². The first-order valence-electron chi connectivity index (χ1n) is 5.44. The van der Waals surface area contributed by atoms with Crippen LogP contribution in [0.5, 0.6) is 0 Å². The Labute approximate surface area is 78.3 Å². The summed E-state index contributed by atoms with van der Waals surface area (Å²) in [6.07, 6.45) is 4.60. The van der Waals surface area contributed by atoms with E-state index in [0.29, 0.717) is 23.5 Å². The van der Waals surface area contributed by atoms with Crippen molar-refractivity contribution in [2.75, 3.05) is 6.61 Å². The van der Waals surface area contributed by atoms with Crippen LogP contribution in [0.1, 0.15) is 25.7 Å². The van der Waals surface area contributed by atoms with Crippen molar-refractivity contribution in [2.24, 2.45) is 29.6 Å². The zero-order chi connectivity index (χ0) is 9.00. The highest BCUT2D eigenvalue weighted by Crippen LogP contribution is 2.54. The third-order valence-corrected chi connectivity index (χ3v) is 4.53. The lowest BCUT2D eigenvalue weighted by atomic mass is 9.51. The normalized spacial score (nSPS) is 53.0. The molecule has 4 aliphatic rings. The van der Waals surface area contributed by atoms with Gasteiger partial charge in [-0.15, -0.1) is 0 Å². The molecule has 4 fully saturated rings. The van der Waals surface area contributed by atoms with Gasteiger partial charge in [0.1, 0.15) is 5.78 Å². The Morgan fingerprint density at radius 1 is 1.23 bits per heavy atom. The van der Waals surface area contributed by atoms with E-state index in [1.807, 2.05) is 0 Å². The van der Waals surface area contributed by atoms with Crippen LogP contribution in [0.4, 0.5) is 0 Å². The lowest BCUT2D eigenvalue weighted by molar-refractivity contribution is -0.148. The quantitative estimate of drug-likeness (QED) is 0.659. The zero-order valence-corrected chi connectivity index (χ0v) is 7.78. The third-order valence-electron chi connectivity index (χ3n) is 4.53. The maximum atomic E-state index is 11.8. The molecule has 0 aromatic carbocycles. The van der Waals surface area contributed by atoms with Crippen molar-refractivity contribution in [3.8, 4) is 0 Å². The fraction of sp³-hybridized carbons (Fsp3) is 0.909. The fourth-order valence-electron chi connectivity index (χ4n) is 4.03. The number of aliphatic hydroxyl groups excluding tert-OH is 1. The van der Waals surface area contributed by atoms with Crippen LogP contribution in [0.2, 0.25) is 0 Å². The van der Waals surface area contributed by atoms with Crippen molar-refractivity contribution >= 4 is 5.78 Å². The van der Waals surface area contributed by atoms with Crippen molar-refractivity contribution in [1.29, 1.82) is 0 Å². The van der Waals surface area contributed by atoms with Crippen LogP contribution in [0, 0.1) is 29.6 Å². The average Bonchev–Trinajstić information content (AvgIpc) is 2.13. The number of Topliss-reactive ketones (excluding diaryl/α,β-unsaturated/α-hetero) is 1. The molecule has 2 nitrogen and oxygen atoms in total. The van der Waals surface area contributed by atoms with Gasteiger partial charge in [-0.05, 0) is 43.4 Å². The molecule has 0 radical (unpaired) electrons. The Bertz CT molecular complexity index is 248. The van der Waals surface area contributed by atoms with Gasteiger partial charge in [-0.2, -0.15) is 0 Å². The Hall–Kier alpha value is -0.370. The van der Waals surface area contributed by atoms with Gasteiger partial charge in [-0.3, -0.25) is 4.79 Å². The largest absolute Gasteiger partial charge is 0.396 e. The molecule has 0 aromatic heterocycles. The summed E-state index contributed by atoms with van der Waals surface area (Å²) in [4.78, 5) is 11.8. The Morgan fingerprint density at radius 2 is 2.08 bits per heavy atom. The van der Waals surface area contributed by atoms with Crippen LogP contribution < -0.4 is 0 Å². The van der Waals surface area contributed by atoms with E-state index in [1.165, 1.54) is 6.42 Å². The summed E-state index contributed by atoms with van der Waals surface area (Å²) < 4.78 is 0. The molecule has 0 amide bonds. The van der Waals surface area contributed by atoms with Gasteiger partial charge in [-0.1, -0.05) is 0 Å². The van der Waals surface area contributed by atoms with Gasteiger partial charge < -0.3 is 5.11 Å². The fourth-order valence-corrected chi connectivity index (χ4v) is 4.03. The first kappa shape index (κ1) is 7.98. The maximum absolute atomic E-state index is 11.8. The van der Waals surface area contributed by atoms with Crippen molar-refractivity contribution < 1.29 is 9.90 Å². The molecular formula is C11H16O2. The Morgan fingerprint density at radius 3 is 2.85 bits per heavy atom. The van der Waals surface area contributed by atoms with Gasteiger partial charge in [0.2, 0.25) is 0 Å². The highest BCUT2D eigenvalue weighted by molar-refractivity contribution is 5.85. The second kappa shape index (κ2) is 2.57. The van der Waals surface area contributed by atoms with Gasteiger partial charge in [0.25, 0.3) is 0 Å². The lowest BCUT2D eigenvalue weighted by Crippen LogP contribution is -2.52. The zero-order valence-electron chi connectivity index (χ0n) is 7.78. The Kier molecular flexibility index (Phi) is 1.58. The molecule has 0 aliphatic heterocycles. The first-order valence-corrected chi connectivity index (χ1v) is 5.44. The van der Waals surface area contributed by atoms with Crippen molar-refractivity contribution in [1.82, 2.24) is 0 Å². The number of hydrogen-bond acceptors (Lipinski definition) is 2. The van der Waals surface area contributed by atoms with Crippen LogP contribution in [-0.2, 0) is 4.79 Å². The predicted molar refractivity (Wildman–Crippen MR) is 48.0 cm³/mol. The summed E-state index contributed by atoms with van der Waals surface area (Å²) >= 11 is 0. The summed E-state index contributed by atoms with van der Waals surface area (Å²) in [6, 6.07) is 0. The van der Waals surface area contributed by atoms with Gasteiger partial charge >= 0.3 is 0 Å². The predicted octanol–water partition coefficient (Wildman–Crippen LogP) is 1.23. The molecule has 4 rings (SSSR count). The highest BCUT2D eigenvalue weighted by atomic mass is 16.3. The highest BCUT2D eigenvalue weighted by Gasteiger charge is 2.52. The van der Waals surface area contributed by atoms with Gasteiger partial charge in [0.05, 0.1) is 0 Å².